The average Bonchev–Trinajstić information content (AvgIpc) is 2.05. The first-order chi connectivity index (χ1) is 6.75. The predicted octanol–water partition coefficient (Wildman–Crippen LogP) is 2.85. The van der Waals surface area contributed by atoms with Gasteiger partial charge in [-0.1, -0.05) is 0 Å². The van der Waals surface area contributed by atoms with E-state index in [1.165, 1.54) is 0 Å². The molecule has 15 heavy (non-hydrogen) atoms. The monoisotopic (exact) mass is 323 g/mol. The maximum atomic E-state index is 13.0. The highest BCUT2D eigenvalue weighted by atomic mass is 79.9. The van der Waals surface area contributed by atoms with Crippen molar-refractivity contribution < 1.29 is 21.6 Å². The molecular formula is C6H2BrClF3NO2S. The molecule has 0 aliphatic carbocycles. The van der Waals surface area contributed by atoms with Crippen LogP contribution in [0.4, 0.5) is 13.2 Å². The second-order valence-electron chi connectivity index (χ2n) is 2.38. The van der Waals surface area contributed by atoms with Crippen molar-refractivity contribution in [3.63, 3.8) is 0 Å². The lowest BCUT2D eigenvalue weighted by Crippen LogP contribution is -2.05. The van der Waals surface area contributed by atoms with Crippen LogP contribution in [0.3, 0.4) is 0 Å². The molecule has 0 amide bonds. The predicted molar refractivity (Wildman–Crippen MR) is 49.9 cm³/mol. The van der Waals surface area contributed by atoms with Crippen LogP contribution in [0.25, 0.3) is 0 Å². The molecule has 1 aromatic rings. The van der Waals surface area contributed by atoms with Crippen molar-refractivity contribution in [3.05, 3.63) is 22.2 Å². The SMILES string of the molecule is O=S(=O)(Cl)c1c(F)cnc(Br)c1C(F)F. The Kier molecular flexibility index (Phi) is 3.62. The standard InChI is InChI=1S/C6H2BrClF3NO2S/c7-5-3(6(10)11)4(15(8,13)14)2(9)1-12-5/h1,6H. The zero-order valence-electron chi connectivity index (χ0n) is 6.72. The van der Waals surface area contributed by atoms with E-state index in [1.54, 1.807) is 0 Å². The molecule has 0 aromatic carbocycles. The van der Waals surface area contributed by atoms with Gasteiger partial charge in [0.25, 0.3) is 15.5 Å². The lowest BCUT2D eigenvalue weighted by molar-refractivity contribution is 0.145. The van der Waals surface area contributed by atoms with Crippen molar-refractivity contribution in [2.45, 2.75) is 11.3 Å². The number of halogens is 5. The largest absolute Gasteiger partial charge is 0.267 e. The van der Waals surface area contributed by atoms with E-state index >= 15 is 0 Å². The molecule has 1 aromatic heterocycles. The van der Waals surface area contributed by atoms with Crippen molar-refractivity contribution in [3.8, 4) is 0 Å². The minimum atomic E-state index is -4.58. The number of rotatable bonds is 2. The maximum absolute atomic E-state index is 13.0. The van der Waals surface area contributed by atoms with Crippen molar-refractivity contribution in [2.24, 2.45) is 0 Å². The Hall–Kier alpha value is -0.340. The maximum Gasteiger partial charge on any atom is 0.267 e. The third kappa shape index (κ3) is 2.61. The third-order valence-corrected chi connectivity index (χ3v) is 3.43. The second-order valence-corrected chi connectivity index (χ2v) is 5.63. The summed E-state index contributed by atoms with van der Waals surface area (Å²) in [5.74, 6) is -1.41. The van der Waals surface area contributed by atoms with Gasteiger partial charge in [-0.25, -0.2) is 26.6 Å². The number of hydrogen-bond acceptors (Lipinski definition) is 3. The fraction of sp³-hybridized carbons (Fsp3) is 0.167. The first kappa shape index (κ1) is 12.7. The van der Waals surface area contributed by atoms with Crippen LogP contribution in [0.15, 0.2) is 15.7 Å². The molecule has 9 heteroatoms. The molecule has 0 bridgehead atoms. The van der Waals surface area contributed by atoms with Gasteiger partial charge in [-0.2, -0.15) is 0 Å². The molecule has 0 aliphatic rings. The molecule has 0 atom stereocenters. The quantitative estimate of drug-likeness (QED) is 0.621. The van der Waals surface area contributed by atoms with Crippen LogP contribution in [-0.2, 0) is 9.05 Å². The van der Waals surface area contributed by atoms with Crippen LogP contribution in [0.5, 0.6) is 0 Å². The molecule has 84 valence electrons. The van der Waals surface area contributed by atoms with Crippen LogP contribution in [0.2, 0.25) is 0 Å². The summed E-state index contributed by atoms with van der Waals surface area (Å²) < 4.78 is 59.2. The number of nitrogens with zero attached hydrogens (tertiary/aromatic N) is 1. The van der Waals surface area contributed by atoms with Gasteiger partial charge >= 0.3 is 0 Å². The molecule has 1 rings (SSSR count). The normalized spacial score (nSPS) is 12.1. The van der Waals surface area contributed by atoms with E-state index in [9.17, 15) is 21.6 Å². The van der Waals surface area contributed by atoms with Crippen molar-refractivity contribution in [1.82, 2.24) is 4.98 Å². The summed E-state index contributed by atoms with van der Waals surface area (Å²) in [5, 5.41) is 0. The summed E-state index contributed by atoms with van der Waals surface area (Å²) in [5.41, 5.74) is -1.08. The molecule has 0 saturated heterocycles. The van der Waals surface area contributed by atoms with E-state index in [2.05, 4.69) is 20.9 Å². The molecule has 0 fully saturated rings. The molecule has 0 saturated carbocycles. The first-order valence-corrected chi connectivity index (χ1v) is 6.42. The Balaban J connectivity index is 3.68. The van der Waals surface area contributed by atoms with Gasteiger partial charge in [-0.3, -0.25) is 0 Å². The molecule has 3 nitrogen and oxygen atoms in total. The molecular weight excluding hydrogens is 322 g/mol. The minimum absolute atomic E-state index is 0.460. The highest BCUT2D eigenvalue weighted by molar-refractivity contribution is 9.10. The Labute approximate surface area is 95.8 Å². The summed E-state index contributed by atoms with van der Waals surface area (Å²) in [6, 6.07) is 0. The van der Waals surface area contributed by atoms with E-state index in [4.69, 9.17) is 10.7 Å². The van der Waals surface area contributed by atoms with E-state index in [0.29, 0.717) is 6.20 Å². The van der Waals surface area contributed by atoms with Crippen molar-refractivity contribution in [1.29, 1.82) is 0 Å². The number of pyridine rings is 1. The van der Waals surface area contributed by atoms with E-state index < -0.39 is 36.4 Å². The third-order valence-electron chi connectivity index (χ3n) is 1.44. The number of hydrogen-bond donors (Lipinski definition) is 0. The highest BCUT2D eigenvalue weighted by Gasteiger charge is 2.29. The van der Waals surface area contributed by atoms with Gasteiger partial charge in [0, 0.05) is 10.7 Å². The first-order valence-electron chi connectivity index (χ1n) is 3.32. The molecule has 0 aliphatic heterocycles. The number of alkyl halides is 2. The van der Waals surface area contributed by atoms with Gasteiger partial charge in [0.1, 0.15) is 9.50 Å². The van der Waals surface area contributed by atoms with Crippen LogP contribution in [0.1, 0.15) is 12.0 Å². The van der Waals surface area contributed by atoms with Crippen LogP contribution >= 0.6 is 26.6 Å². The lowest BCUT2D eigenvalue weighted by atomic mass is 10.3. The van der Waals surface area contributed by atoms with Gasteiger partial charge in [0.2, 0.25) is 0 Å². The molecule has 0 N–H and O–H groups in total. The Morgan fingerprint density at radius 2 is 2.00 bits per heavy atom. The van der Waals surface area contributed by atoms with E-state index in [-0.39, 0.29) is 0 Å². The van der Waals surface area contributed by atoms with Gasteiger partial charge < -0.3 is 0 Å². The summed E-state index contributed by atoms with van der Waals surface area (Å²) in [7, 11) is 0.251. The topological polar surface area (TPSA) is 47.0 Å². The Bertz CT molecular complexity index is 493. The zero-order chi connectivity index (χ0) is 11.8. The molecule has 0 spiro atoms. The lowest BCUT2D eigenvalue weighted by Gasteiger charge is -2.07. The Morgan fingerprint density at radius 3 is 2.33 bits per heavy atom. The Morgan fingerprint density at radius 1 is 1.47 bits per heavy atom. The van der Waals surface area contributed by atoms with Gasteiger partial charge in [0.05, 0.1) is 11.8 Å². The summed E-state index contributed by atoms with van der Waals surface area (Å²) in [6.45, 7) is 0. The summed E-state index contributed by atoms with van der Waals surface area (Å²) >= 11 is 2.59. The summed E-state index contributed by atoms with van der Waals surface area (Å²) in [4.78, 5) is 1.96. The molecule has 0 unspecified atom stereocenters. The van der Waals surface area contributed by atoms with E-state index in [0.717, 1.165) is 0 Å². The zero-order valence-corrected chi connectivity index (χ0v) is 9.87. The van der Waals surface area contributed by atoms with Gasteiger partial charge in [-0.05, 0) is 15.9 Å². The van der Waals surface area contributed by atoms with Gasteiger partial charge in [0.15, 0.2) is 5.82 Å². The van der Waals surface area contributed by atoms with Crippen LogP contribution in [-0.4, -0.2) is 13.4 Å². The second kappa shape index (κ2) is 4.26. The molecule has 1 heterocycles. The molecule has 0 radical (unpaired) electrons. The smallest absolute Gasteiger partial charge is 0.246 e. The van der Waals surface area contributed by atoms with Crippen molar-refractivity contribution >= 4 is 35.7 Å². The highest BCUT2D eigenvalue weighted by Crippen LogP contribution is 2.34. The minimum Gasteiger partial charge on any atom is -0.246 e. The summed E-state index contributed by atoms with van der Waals surface area (Å²) in [6.07, 6.45) is -2.71. The number of aromatic nitrogens is 1. The fourth-order valence-electron chi connectivity index (χ4n) is 0.901. The van der Waals surface area contributed by atoms with E-state index in [1.807, 2.05) is 0 Å². The van der Waals surface area contributed by atoms with Crippen LogP contribution < -0.4 is 0 Å². The average molecular weight is 325 g/mol. The van der Waals surface area contributed by atoms with Gasteiger partial charge in [-0.15, -0.1) is 0 Å². The van der Waals surface area contributed by atoms with Crippen molar-refractivity contribution in [2.75, 3.05) is 0 Å². The van der Waals surface area contributed by atoms with Crippen LogP contribution in [0, 0.1) is 5.82 Å². The fourth-order valence-corrected chi connectivity index (χ4v) is 2.71.